The average Bonchev–Trinajstić information content (AvgIpc) is 2.70. The topological polar surface area (TPSA) is 51.1 Å². The molecule has 0 fully saturated rings. The summed E-state index contributed by atoms with van der Waals surface area (Å²) >= 11 is 0. The standard InChI is InChI=1S/C23H21F3N2O2/c1-16(21(17-9-4-2-5-10-17)18-11-6-3-7-12-18)27-20(29)15-28-14-8-13-19(22(28)30)23(24,25)26/h2-14,16,21H,15H2,1H3,(H,27,29). The number of aromatic nitrogens is 1. The van der Waals surface area contributed by atoms with Crippen LogP contribution in [-0.2, 0) is 17.5 Å². The Morgan fingerprint density at radius 3 is 1.97 bits per heavy atom. The first-order valence-corrected chi connectivity index (χ1v) is 9.43. The van der Waals surface area contributed by atoms with Gasteiger partial charge in [-0.25, -0.2) is 0 Å². The molecule has 0 saturated carbocycles. The lowest BCUT2D eigenvalue weighted by atomic mass is 9.86. The van der Waals surface area contributed by atoms with Gasteiger partial charge in [0.1, 0.15) is 12.1 Å². The van der Waals surface area contributed by atoms with E-state index in [0.29, 0.717) is 6.07 Å². The van der Waals surface area contributed by atoms with Gasteiger partial charge >= 0.3 is 6.18 Å². The monoisotopic (exact) mass is 414 g/mol. The maximum atomic E-state index is 12.9. The molecule has 0 aliphatic heterocycles. The van der Waals surface area contributed by atoms with Gasteiger partial charge in [0.05, 0.1) is 0 Å². The van der Waals surface area contributed by atoms with Gasteiger partial charge in [0, 0.05) is 18.2 Å². The molecule has 0 spiro atoms. The van der Waals surface area contributed by atoms with Crippen LogP contribution < -0.4 is 10.9 Å². The molecular formula is C23H21F3N2O2. The van der Waals surface area contributed by atoms with Crippen molar-refractivity contribution < 1.29 is 18.0 Å². The molecule has 1 unspecified atom stereocenters. The van der Waals surface area contributed by atoms with Crippen molar-refractivity contribution in [3.05, 3.63) is 106 Å². The number of nitrogens with one attached hydrogen (secondary N) is 1. The number of rotatable bonds is 6. The molecule has 1 heterocycles. The maximum Gasteiger partial charge on any atom is 0.421 e. The number of carbonyl (C=O) groups is 1. The van der Waals surface area contributed by atoms with E-state index >= 15 is 0 Å². The Morgan fingerprint density at radius 1 is 0.933 bits per heavy atom. The molecule has 4 nitrogen and oxygen atoms in total. The molecule has 2 aromatic carbocycles. The zero-order valence-corrected chi connectivity index (χ0v) is 16.3. The largest absolute Gasteiger partial charge is 0.421 e. The van der Waals surface area contributed by atoms with Gasteiger partial charge in [0.25, 0.3) is 5.56 Å². The van der Waals surface area contributed by atoms with Crippen molar-refractivity contribution in [2.75, 3.05) is 0 Å². The molecule has 156 valence electrons. The van der Waals surface area contributed by atoms with E-state index < -0.39 is 29.8 Å². The maximum absolute atomic E-state index is 12.9. The van der Waals surface area contributed by atoms with E-state index in [9.17, 15) is 22.8 Å². The normalized spacial score (nSPS) is 12.6. The van der Waals surface area contributed by atoms with Crippen LogP contribution >= 0.6 is 0 Å². The Bertz CT molecular complexity index is 1010. The molecule has 3 aromatic rings. The zero-order valence-electron chi connectivity index (χ0n) is 16.3. The number of amides is 1. The number of pyridine rings is 1. The highest BCUT2D eigenvalue weighted by Crippen LogP contribution is 2.28. The van der Waals surface area contributed by atoms with Gasteiger partial charge in [-0.05, 0) is 30.2 Å². The highest BCUT2D eigenvalue weighted by atomic mass is 19.4. The van der Waals surface area contributed by atoms with Crippen molar-refractivity contribution in [1.29, 1.82) is 0 Å². The molecule has 0 saturated heterocycles. The van der Waals surface area contributed by atoms with Crippen LogP contribution in [0.5, 0.6) is 0 Å². The van der Waals surface area contributed by atoms with Crippen molar-refractivity contribution >= 4 is 5.91 Å². The second-order valence-electron chi connectivity index (χ2n) is 7.01. The van der Waals surface area contributed by atoms with Gasteiger partial charge in [-0.1, -0.05) is 60.7 Å². The van der Waals surface area contributed by atoms with Gasteiger partial charge in [-0.15, -0.1) is 0 Å². The Labute approximate surface area is 172 Å². The third-order valence-corrected chi connectivity index (χ3v) is 4.85. The third kappa shape index (κ3) is 4.97. The number of halogens is 3. The molecule has 1 N–H and O–H groups in total. The fourth-order valence-electron chi connectivity index (χ4n) is 3.51. The highest BCUT2D eigenvalue weighted by Gasteiger charge is 2.34. The minimum atomic E-state index is -4.77. The lowest BCUT2D eigenvalue weighted by molar-refractivity contribution is -0.139. The van der Waals surface area contributed by atoms with Crippen molar-refractivity contribution in [3.63, 3.8) is 0 Å². The van der Waals surface area contributed by atoms with Crippen LogP contribution in [0.4, 0.5) is 13.2 Å². The summed E-state index contributed by atoms with van der Waals surface area (Å²) in [6, 6.07) is 20.7. The van der Waals surface area contributed by atoms with E-state index in [1.807, 2.05) is 67.6 Å². The van der Waals surface area contributed by atoms with E-state index in [0.717, 1.165) is 21.8 Å². The van der Waals surface area contributed by atoms with Gasteiger partial charge in [0.15, 0.2) is 0 Å². The van der Waals surface area contributed by atoms with Gasteiger partial charge in [-0.2, -0.15) is 13.2 Å². The summed E-state index contributed by atoms with van der Waals surface area (Å²) in [6.07, 6.45) is -3.59. The first-order valence-electron chi connectivity index (χ1n) is 9.43. The summed E-state index contributed by atoms with van der Waals surface area (Å²) in [5.74, 6) is -0.699. The molecule has 0 aliphatic carbocycles. The predicted octanol–water partition coefficient (Wildman–Crippen LogP) is 4.20. The van der Waals surface area contributed by atoms with Crippen molar-refractivity contribution in [2.45, 2.75) is 31.6 Å². The summed E-state index contributed by atoms with van der Waals surface area (Å²) in [5.41, 5.74) is -0.548. The predicted molar refractivity (Wildman–Crippen MR) is 108 cm³/mol. The minimum absolute atomic E-state index is 0.158. The molecule has 1 amide bonds. The zero-order chi connectivity index (χ0) is 21.7. The average molecular weight is 414 g/mol. The number of hydrogen-bond donors (Lipinski definition) is 1. The number of carbonyl (C=O) groups excluding carboxylic acids is 1. The Morgan fingerprint density at radius 2 is 1.47 bits per heavy atom. The first-order chi connectivity index (χ1) is 14.3. The van der Waals surface area contributed by atoms with Gasteiger partial charge in [0.2, 0.25) is 5.91 Å². The van der Waals surface area contributed by atoms with Crippen LogP contribution in [-0.4, -0.2) is 16.5 Å². The second-order valence-corrected chi connectivity index (χ2v) is 7.01. The van der Waals surface area contributed by atoms with Crippen molar-refractivity contribution in [1.82, 2.24) is 9.88 Å². The lowest BCUT2D eigenvalue weighted by Gasteiger charge is -2.26. The van der Waals surface area contributed by atoms with Crippen LogP contribution in [0.3, 0.4) is 0 Å². The van der Waals surface area contributed by atoms with E-state index in [2.05, 4.69) is 5.32 Å². The highest BCUT2D eigenvalue weighted by molar-refractivity contribution is 5.76. The van der Waals surface area contributed by atoms with Gasteiger partial charge in [-0.3, -0.25) is 9.59 Å². The van der Waals surface area contributed by atoms with Gasteiger partial charge < -0.3 is 9.88 Å². The van der Waals surface area contributed by atoms with Crippen molar-refractivity contribution in [3.8, 4) is 0 Å². The summed E-state index contributed by atoms with van der Waals surface area (Å²) in [7, 11) is 0. The molecule has 0 bridgehead atoms. The molecule has 1 atom stereocenters. The van der Waals surface area contributed by atoms with E-state index in [1.54, 1.807) is 0 Å². The molecule has 0 aliphatic rings. The summed E-state index contributed by atoms with van der Waals surface area (Å²) in [6.45, 7) is 1.33. The molecule has 30 heavy (non-hydrogen) atoms. The Balaban J connectivity index is 1.81. The van der Waals surface area contributed by atoms with Crippen molar-refractivity contribution in [2.24, 2.45) is 0 Å². The van der Waals surface area contributed by atoms with Crippen LogP contribution in [0.1, 0.15) is 29.5 Å². The van der Waals surface area contributed by atoms with Crippen LogP contribution in [0.2, 0.25) is 0 Å². The Hall–Kier alpha value is -3.35. The van der Waals surface area contributed by atoms with Crippen LogP contribution in [0.15, 0.2) is 83.8 Å². The quantitative estimate of drug-likeness (QED) is 0.657. The number of benzene rings is 2. The smallest absolute Gasteiger partial charge is 0.351 e. The molecule has 0 radical (unpaired) electrons. The second kappa shape index (κ2) is 8.98. The summed E-state index contributed by atoms with van der Waals surface area (Å²) in [5, 5.41) is 2.83. The number of alkyl halides is 3. The minimum Gasteiger partial charge on any atom is -0.351 e. The number of nitrogens with zero attached hydrogens (tertiary/aromatic N) is 1. The molecule has 7 heteroatoms. The molecule has 1 aromatic heterocycles. The fraction of sp³-hybridized carbons (Fsp3) is 0.217. The third-order valence-electron chi connectivity index (χ3n) is 4.85. The summed E-state index contributed by atoms with van der Waals surface area (Å²) in [4.78, 5) is 24.6. The summed E-state index contributed by atoms with van der Waals surface area (Å²) < 4.78 is 39.6. The van der Waals surface area contributed by atoms with E-state index in [1.165, 1.54) is 6.20 Å². The fourth-order valence-corrected chi connectivity index (χ4v) is 3.51. The van der Waals surface area contributed by atoms with Crippen LogP contribution in [0.25, 0.3) is 0 Å². The SMILES string of the molecule is CC(NC(=O)Cn1cccc(C(F)(F)F)c1=O)C(c1ccccc1)c1ccccc1. The van der Waals surface area contributed by atoms with E-state index in [-0.39, 0.29) is 12.0 Å². The first kappa shape index (κ1) is 21.4. The Kier molecular flexibility index (Phi) is 6.40. The molecule has 3 rings (SSSR count). The number of hydrogen-bond acceptors (Lipinski definition) is 2. The van der Waals surface area contributed by atoms with Crippen LogP contribution in [0, 0.1) is 0 Å². The lowest BCUT2D eigenvalue weighted by Crippen LogP contribution is -2.41. The molecular weight excluding hydrogens is 393 g/mol. The van der Waals surface area contributed by atoms with E-state index in [4.69, 9.17) is 0 Å².